The molecule has 4 aliphatic rings. The fraction of sp³-hybridized carbons (Fsp3) is 0.458. The number of ether oxygens (including phenoxy) is 3. The number of hydrogen-bond donors (Lipinski definition) is 2. The van der Waals surface area contributed by atoms with Crippen LogP contribution in [-0.4, -0.2) is 92.3 Å². The summed E-state index contributed by atoms with van der Waals surface area (Å²) in [5, 5.41) is 20.2. The van der Waals surface area contributed by atoms with Gasteiger partial charge < -0.3 is 33.6 Å². The van der Waals surface area contributed by atoms with Crippen molar-refractivity contribution in [2.75, 3.05) is 40.1 Å². The lowest BCUT2D eigenvalue weighted by Gasteiger charge is -2.55. The molecular weight excluding hydrogens is 805 g/mol. The number of likely N-dealkylation sites (tertiary alicyclic amines) is 1. The number of methoxy groups -OCH3 is 1. The van der Waals surface area contributed by atoms with Crippen LogP contribution in [0.4, 0.5) is 5.69 Å². The van der Waals surface area contributed by atoms with Crippen molar-refractivity contribution >= 4 is 31.5 Å². The van der Waals surface area contributed by atoms with E-state index in [-0.39, 0.29) is 72.0 Å². The highest BCUT2D eigenvalue weighted by atomic mass is 28.4. The molecule has 3 aromatic carbocycles. The predicted molar refractivity (Wildman–Crippen MR) is 236 cm³/mol. The molecule has 0 spiro atoms. The minimum Gasteiger partial charge on any atom is -0.508 e. The Labute approximate surface area is 364 Å². The van der Waals surface area contributed by atoms with Crippen molar-refractivity contribution < 1.29 is 42.6 Å². The number of carbonyl (C=O) groups is 3. The van der Waals surface area contributed by atoms with Crippen LogP contribution < -0.4 is 19.5 Å². The molecule has 1 aliphatic heterocycles. The van der Waals surface area contributed by atoms with E-state index in [2.05, 4.69) is 31.2 Å². The number of anilines is 1. The van der Waals surface area contributed by atoms with Gasteiger partial charge >= 0.3 is 0 Å². The third-order valence-corrected chi connectivity index (χ3v) is 18.2. The van der Waals surface area contributed by atoms with E-state index in [4.69, 9.17) is 23.2 Å². The number of nitrogens with one attached hydrogen (secondary N) is 1. The summed E-state index contributed by atoms with van der Waals surface area (Å²) in [7, 11) is 4.29. The van der Waals surface area contributed by atoms with Gasteiger partial charge in [0.15, 0.2) is 31.2 Å². The molecule has 1 saturated heterocycles. The molecular formula is C48H58N4O9Si. The summed E-state index contributed by atoms with van der Waals surface area (Å²) in [4.78, 5) is 49.2. The van der Waals surface area contributed by atoms with E-state index in [9.17, 15) is 9.90 Å². The molecule has 2 N–H and O–H groups in total. The fourth-order valence-corrected chi connectivity index (χ4v) is 11.0. The first-order chi connectivity index (χ1) is 29.5. The first-order valence-electron chi connectivity index (χ1n) is 21.5. The van der Waals surface area contributed by atoms with Gasteiger partial charge in [-0.1, -0.05) is 81.4 Å². The number of Topliss-reactive ketones (excluding diaryl/α,β-unsaturated/α-hetero) is 2. The average Bonchev–Trinajstić information content (AvgIpc) is 3.86. The lowest BCUT2D eigenvalue weighted by Crippen LogP contribution is -2.65. The van der Waals surface area contributed by atoms with Gasteiger partial charge in [-0.3, -0.25) is 24.2 Å². The van der Waals surface area contributed by atoms with Crippen LogP contribution in [0.2, 0.25) is 18.1 Å². The number of hydrogen-bond acceptors (Lipinski definition) is 12. The van der Waals surface area contributed by atoms with Crippen molar-refractivity contribution in [2.24, 2.45) is 11.8 Å². The second-order valence-electron chi connectivity index (χ2n) is 18.9. The van der Waals surface area contributed by atoms with Gasteiger partial charge in [0.1, 0.15) is 30.3 Å². The van der Waals surface area contributed by atoms with Gasteiger partial charge in [-0.05, 0) is 93.7 Å². The quantitative estimate of drug-likeness (QED) is 0.132. The molecule has 13 nitrogen and oxygen atoms in total. The molecule has 5 atom stereocenters. The fourth-order valence-electron chi connectivity index (χ4n) is 9.59. The second-order valence-corrected chi connectivity index (χ2v) is 23.6. The zero-order valence-electron chi connectivity index (χ0n) is 37.2. The number of benzene rings is 3. The molecule has 328 valence electrons. The Morgan fingerprint density at radius 3 is 2.24 bits per heavy atom. The molecule has 4 aromatic rings. The van der Waals surface area contributed by atoms with Crippen LogP contribution in [0.5, 0.6) is 17.4 Å². The van der Waals surface area contributed by atoms with E-state index in [1.54, 1.807) is 6.07 Å². The van der Waals surface area contributed by atoms with Gasteiger partial charge in [0.25, 0.3) is 5.88 Å². The lowest BCUT2D eigenvalue weighted by atomic mass is 9.58. The molecule has 14 heteroatoms. The average molecular weight is 863 g/mol. The molecule has 3 aliphatic carbocycles. The molecule has 62 heavy (non-hydrogen) atoms. The number of carbonyl (C=O) groups excluding carboxylic acids is 3. The van der Waals surface area contributed by atoms with E-state index >= 15 is 9.59 Å². The number of fused-ring (bicyclic) bond motifs is 4. The summed E-state index contributed by atoms with van der Waals surface area (Å²) >= 11 is 0. The topological polar surface area (TPSA) is 153 Å². The van der Waals surface area contributed by atoms with E-state index < -0.39 is 54.2 Å². The van der Waals surface area contributed by atoms with Gasteiger partial charge in [0.05, 0.1) is 30.4 Å². The standard InChI is InChI=1S/C48H58N4O9Si/c1-47(2,3)62(8,9)61-48-32(39(51(4)5)42-38(44(48)55)46(50-60-42)59-27-29-19-14-11-15-20-29)24-30-23-31-35(57-7)25-33(49-45(56)34-21-16-22-52(34)6)41(37(31)40(53)36(30)43(48)54)58-26-28-17-12-10-13-18-28/h10-15,17-20,25,30,32,34,39,54H,16,21-24,26-27H2,1-9H3,(H,49,56)/t30-,32-,34-,39-,48?/m0/s1. The third kappa shape index (κ3) is 7.33. The van der Waals surface area contributed by atoms with Crippen molar-refractivity contribution in [1.82, 2.24) is 15.0 Å². The molecule has 8 rings (SSSR count). The number of rotatable bonds is 12. The first kappa shape index (κ1) is 43.4. The Bertz CT molecular complexity index is 2410. The summed E-state index contributed by atoms with van der Waals surface area (Å²) in [5.74, 6) is -2.09. The van der Waals surface area contributed by atoms with Crippen molar-refractivity contribution in [1.29, 1.82) is 0 Å². The summed E-state index contributed by atoms with van der Waals surface area (Å²) in [6.07, 6.45) is 2.14. The van der Waals surface area contributed by atoms with E-state index in [0.29, 0.717) is 23.5 Å². The smallest absolute Gasteiger partial charge is 0.265 e. The van der Waals surface area contributed by atoms with Crippen molar-refractivity contribution in [3.8, 4) is 17.4 Å². The second kappa shape index (κ2) is 16.4. The number of allylic oxidation sites excluding steroid dienone is 1. The third-order valence-electron chi connectivity index (χ3n) is 13.8. The molecule has 1 unspecified atom stereocenters. The maximum absolute atomic E-state index is 15.7. The number of nitrogens with zero attached hydrogens (tertiary/aromatic N) is 3. The predicted octanol–water partition coefficient (Wildman–Crippen LogP) is 8.32. The Kier molecular flexibility index (Phi) is 11.5. The Morgan fingerprint density at radius 2 is 1.66 bits per heavy atom. The summed E-state index contributed by atoms with van der Waals surface area (Å²) in [6, 6.07) is 19.9. The molecule has 2 heterocycles. The molecule has 0 saturated carbocycles. The summed E-state index contributed by atoms with van der Waals surface area (Å²) < 4.78 is 32.2. The van der Waals surface area contributed by atoms with Crippen LogP contribution in [0, 0.1) is 11.8 Å². The van der Waals surface area contributed by atoms with E-state index in [1.807, 2.05) is 105 Å². The monoisotopic (exact) mass is 862 g/mol. The van der Waals surface area contributed by atoms with Gasteiger partial charge in [-0.2, -0.15) is 0 Å². The number of aliphatic hydroxyl groups is 1. The SMILES string of the molecule is COc1cc(NC(=O)[C@@H]2CCCN2C)c(OCc2ccccc2)c2c1C[C@H]1C[C@H]3[C@H](N(C)C)c4onc(OCc5ccccc5)c4C(=O)C3(O[Si](C)(C)C(C)(C)C)C(O)=C1C2=O. The molecule has 1 aromatic heterocycles. The van der Waals surface area contributed by atoms with Crippen LogP contribution in [0.15, 0.2) is 82.6 Å². The normalized spacial score (nSPS) is 23.7. The summed E-state index contributed by atoms with van der Waals surface area (Å²) in [5.41, 5.74) is 0.919. The molecule has 0 bridgehead atoms. The Balaban J connectivity index is 1.32. The van der Waals surface area contributed by atoms with Gasteiger partial charge in [0, 0.05) is 23.1 Å². The van der Waals surface area contributed by atoms with E-state index in [0.717, 1.165) is 24.1 Å². The minimum atomic E-state index is -2.95. The number of aliphatic hydroxyl groups excluding tert-OH is 1. The van der Waals surface area contributed by atoms with Crippen LogP contribution in [0.1, 0.15) is 89.2 Å². The van der Waals surface area contributed by atoms with Crippen molar-refractivity contribution in [3.63, 3.8) is 0 Å². The van der Waals surface area contributed by atoms with Crippen molar-refractivity contribution in [3.05, 3.63) is 112 Å². The number of amides is 1. The van der Waals surface area contributed by atoms with Gasteiger partial charge in [-0.15, -0.1) is 0 Å². The first-order valence-corrected chi connectivity index (χ1v) is 24.4. The van der Waals surface area contributed by atoms with Crippen LogP contribution in [0.3, 0.4) is 0 Å². The zero-order chi connectivity index (χ0) is 44.3. The maximum Gasteiger partial charge on any atom is 0.265 e. The lowest BCUT2D eigenvalue weighted by molar-refractivity contribution is -0.119. The molecule has 1 fully saturated rings. The summed E-state index contributed by atoms with van der Waals surface area (Å²) in [6.45, 7) is 11.3. The van der Waals surface area contributed by atoms with Crippen LogP contribution >= 0.6 is 0 Å². The van der Waals surface area contributed by atoms with Crippen molar-refractivity contribution in [2.45, 2.75) is 95.5 Å². The van der Waals surface area contributed by atoms with Crippen LogP contribution in [0.25, 0.3) is 0 Å². The Morgan fingerprint density at radius 1 is 1.02 bits per heavy atom. The zero-order valence-corrected chi connectivity index (χ0v) is 38.2. The number of likely N-dealkylation sites (N-methyl/N-ethyl adjacent to an activating group) is 1. The molecule has 1 amide bonds. The minimum absolute atomic E-state index is 0.00720. The highest BCUT2D eigenvalue weighted by molar-refractivity contribution is 6.74. The number of ketones is 2. The van der Waals surface area contributed by atoms with Gasteiger partial charge in [0.2, 0.25) is 11.7 Å². The highest BCUT2D eigenvalue weighted by Gasteiger charge is 2.67. The van der Waals surface area contributed by atoms with Crippen LogP contribution in [-0.2, 0) is 28.9 Å². The molecule has 0 radical (unpaired) electrons. The van der Waals surface area contributed by atoms with E-state index in [1.165, 1.54) is 7.11 Å². The van der Waals surface area contributed by atoms with Gasteiger partial charge in [-0.25, -0.2) is 0 Å². The largest absolute Gasteiger partial charge is 0.508 e. The Hall–Kier alpha value is -5.28. The highest BCUT2D eigenvalue weighted by Crippen LogP contribution is 2.60. The number of aromatic nitrogens is 1. The maximum atomic E-state index is 15.7.